The average Bonchev–Trinajstić information content (AvgIpc) is 3.30. The van der Waals surface area contributed by atoms with Crippen LogP contribution in [0.15, 0.2) is 84.0 Å². The lowest BCUT2D eigenvalue weighted by atomic mass is 9.73. The van der Waals surface area contributed by atoms with Crippen LogP contribution in [0, 0.1) is 5.41 Å². The third kappa shape index (κ3) is 6.80. The Morgan fingerprint density at radius 3 is 2.41 bits per heavy atom. The third-order valence-electron chi connectivity index (χ3n) is 8.87. The minimum atomic E-state index is -4.64. The van der Waals surface area contributed by atoms with E-state index in [-0.39, 0.29) is 38.3 Å². The third-order valence-corrected chi connectivity index (χ3v) is 9.12. The first-order valence-corrected chi connectivity index (χ1v) is 15.5. The molecule has 1 saturated heterocycles. The van der Waals surface area contributed by atoms with Gasteiger partial charge in [-0.25, -0.2) is 5.01 Å². The topological polar surface area (TPSA) is 94.1 Å². The molecule has 8 nitrogen and oxygen atoms in total. The zero-order valence-corrected chi connectivity index (χ0v) is 25.7. The minimum Gasteiger partial charge on any atom is -0.343 e. The molecule has 0 bridgehead atoms. The lowest BCUT2D eigenvalue weighted by Gasteiger charge is -2.41. The highest BCUT2D eigenvalue weighted by Gasteiger charge is 2.56. The van der Waals surface area contributed by atoms with Gasteiger partial charge in [0.05, 0.1) is 11.8 Å². The zero-order chi connectivity index (χ0) is 32.5. The molecule has 0 saturated carbocycles. The van der Waals surface area contributed by atoms with Crippen LogP contribution in [0.25, 0.3) is 0 Å². The number of carbonyl (C=O) groups excluding carboxylic acids is 3. The second-order valence-electron chi connectivity index (χ2n) is 12.1. The molecule has 240 valence electrons. The highest BCUT2D eigenvalue weighted by Crippen LogP contribution is 2.40. The number of hydrogen-bond acceptors (Lipinski definition) is 5. The van der Waals surface area contributed by atoms with Crippen LogP contribution < -0.4 is 10.6 Å². The molecule has 1 fully saturated rings. The van der Waals surface area contributed by atoms with Crippen LogP contribution in [0.3, 0.4) is 0 Å². The van der Waals surface area contributed by atoms with Gasteiger partial charge in [0.2, 0.25) is 11.8 Å². The van der Waals surface area contributed by atoms with Crippen molar-refractivity contribution < 1.29 is 27.6 Å². The van der Waals surface area contributed by atoms with Crippen LogP contribution in [0.1, 0.15) is 28.7 Å². The van der Waals surface area contributed by atoms with Crippen LogP contribution in [0.5, 0.6) is 0 Å². The van der Waals surface area contributed by atoms with E-state index in [0.717, 1.165) is 22.3 Å². The molecule has 3 atom stereocenters. The molecule has 3 aliphatic rings. The van der Waals surface area contributed by atoms with Gasteiger partial charge in [-0.05, 0) is 47.2 Å². The summed E-state index contributed by atoms with van der Waals surface area (Å²) in [6.45, 7) is -1.01. The summed E-state index contributed by atoms with van der Waals surface area (Å²) in [4.78, 5) is 43.2. The fraction of sp³-hybridized carbons (Fsp3) is 0.353. The first kappa shape index (κ1) is 31.7. The molecular weight excluding hydrogens is 619 g/mol. The molecule has 3 amide bonds. The Bertz CT molecular complexity index is 1650. The number of alkyl halides is 3. The van der Waals surface area contributed by atoms with Crippen molar-refractivity contribution >= 4 is 35.0 Å². The number of nitrogens with zero attached hydrogens (tertiary/aromatic N) is 3. The molecule has 3 aromatic carbocycles. The number of hydrazone groups is 1. The normalized spacial score (nSPS) is 21.7. The molecule has 3 heterocycles. The maximum atomic E-state index is 14.3. The summed E-state index contributed by atoms with van der Waals surface area (Å²) in [5.74, 6) is -1.55. The zero-order valence-electron chi connectivity index (χ0n) is 24.9. The quantitative estimate of drug-likeness (QED) is 0.380. The molecule has 12 heteroatoms. The molecule has 3 aliphatic heterocycles. The summed E-state index contributed by atoms with van der Waals surface area (Å²) in [7, 11) is 0. The van der Waals surface area contributed by atoms with Crippen LogP contribution in [0.2, 0.25) is 5.02 Å². The standard InChI is InChI=1S/C34H33ClF3N5O3/c35-26-12-10-22(11-13-26)16-28(40-30(44)27-17-24-8-4-5-9-25(24)19-39-27)31(45)42-15-14-29-33(20-42,18-23-6-2-1-3-7-23)32(46)43(41-29)21-34(36,37)38/h1-13,27-28,39H,14-21H2,(H,40,44)/t27?,28-,33-/m1/s1. The van der Waals surface area contributed by atoms with E-state index in [1.807, 2.05) is 30.3 Å². The van der Waals surface area contributed by atoms with Gasteiger partial charge in [0, 0.05) is 37.5 Å². The largest absolute Gasteiger partial charge is 0.408 e. The van der Waals surface area contributed by atoms with Gasteiger partial charge in [-0.2, -0.15) is 18.3 Å². The van der Waals surface area contributed by atoms with Crippen LogP contribution >= 0.6 is 11.6 Å². The highest BCUT2D eigenvalue weighted by atomic mass is 35.5. The molecular formula is C34H33ClF3N5O3. The van der Waals surface area contributed by atoms with Gasteiger partial charge >= 0.3 is 6.18 Å². The van der Waals surface area contributed by atoms with Crippen LogP contribution in [-0.2, 0) is 40.2 Å². The maximum absolute atomic E-state index is 14.3. The number of carbonyl (C=O) groups is 3. The Hall–Kier alpha value is -4.22. The van der Waals surface area contributed by atoms with E-state index in [2.05, 4.69) is 15.7 Å². The monoisotopic (exact) mass is 651 g/mol. The van der Waals surface area contributed by atoms with Gasteiger partial charge in [0.1, 0.15) is 18.0 Å². The summed E-state index contributed by atoms with van der Waals surface area (Å²) < 4.78 is 40.3. The van der Waals surface area contributed by atoms with Gasteiger partial charge in [0.25, 0.3) is 5.91 Å². The van der Waals surface area contributed by atoms with Crippen LogP contribution in [-0.4, -0.2) is 71.2 Å². The van der Waals surface area contributed by atoms with Gasteiger partial charge in [-0.1, -0.05) is 78.3 Å². The summed E-state index contributed by atoms with van der Waals surface area (Å²) in [5, 5.41) is 11.4. The van der Waals surface area contributed by atoms with Gasteiger partial charge < -0.3 is 15.5 Å². The number of piperidine rings is 1. The minimum absolute atomic E-state index is 0.0866. The first-order chi connectivity index (χ1) is 22.0. The predicted octanol–water partition coefficient (Wildman–Crippen LogP) is 4.30. The lowest BCUT2D eigenvalue weighted by Crippen LogP contribution is -2.60. The van der Waals surface area contributed by atoms with E-state index in [1.165, 1.54) is 4.90 Å². The van der Waals surface area contributed by atoms with Crippen molar-refractivity contribution in [3.63, 3.8) is 0 Å². The van der Waals surface area contributed by atoms with E-state index >= 15 is 0 Å². The summed E-state index contributed by atoms with van der Waals surface area (Å²) in [5.41, 5.74) is 2.53. The molecule has 0 radical (unpaired) electrons. The lowest BCUT2D eigenvalue weighted by molar-refractivity contribution is -0.164. The number of likely N-dealkylation sites (tertiary alicyclic amines) is 1. The smallest absolute Gasteiger partial charge is 0.343 e. The van der Waals surface area contributed by atoms with Gasteiger partial charge in [-0.15, -0.1) is 0 Å². The van der Waals surface area contributed by atoms with Crippen molar-refractivity contribution in [1.29, 1.82) is 0 Å². The Morgan fingerprint density at radius 2 is 1.70 bits per heavy atom. The van der Waals surface area contributed by atoms with Crippen molar-refractivity contribution in [3.8, 4) is 0 Å². The number of hydrogen-bond donors (Lipinski definition) is 2. The molecule has 46 heavy (non-hydrogen) atoms. The Morgan fingerprint density at radius 1 is 1.00 bits per heavy atom. The number of halogens is 4. The number of nitrogens with one attached hydrogen (secondary N) is 2. The average molecular weight is 652 g/mol. The fourth-order valence-corrected chi connectivity index (χ4v) is 6.71. The van der Waals surface area contributed by atoms with E-state index in [4.69, 9.17) is 11.6 Å². The van der Waals surface area contributed by atoms with Crippen molar-refractivity contribution in [2.45, 2.75) is 50.5 Å². The molecule has 3 aromatic rings. The number of benzene rings is 3. The highest BCUT2D eigenvalue weighted by molar-refractivity contribution is 6.30. The molecule has 0 spiro atoms. The van der Waals surface area contributed by atoms with Gasteiger partial charge in [-0.3, -0.25) is 14.4 Å². The van der Waals surface area contributed by atoms with Crippen LogP contribution in [0.4, 0.5) is 13.2 Å². The Labute approximate surface area is 269 Å². The first-order valence-electron chi connectivity index (χ1n) is 15.2. The van der Waals surface area contributed by atoms with E-state index in [9.17, 15) is 27.6 Å². The molecule has 2 N–H and O–H groups in total. The molecule has 1 unspecified atom stereocenters. The molecule has 0 aliphatic carbocycles. The number of fused-ring (bicyclic) bond motifs is 2. The van der Waals surface area contributed by atoms with E-state index < -0.39 is 42.0 Å². The number of rotatable bonds is 8. The Kier molecular flexibility index (Phi) is 8.89. The second kappa shape index (κ2) is 12.9. The van der Waals surface area contributed by atoms with Crippen molar-refractivity contribution in [2.75, 3.05) is 19.6 Å². The van der Waals surface area contributed by atoms with Crippen molar-refractivity contribution in [3.05, 3.63) is 106 Å². The number of amides is 3. The van der Waals surface area contributed by atoms with Gasteiger partial charge in [0.15, 0.2) is 0 Å². The Balaban J connectivity index is 1.27. The summed E-state index contributed by atoms with van der Waals surface area (Å²) in [6.07, 6.45) is -3.82. The van der Waals surface area contributed by atoms with Crippen molar-refractivity contribution in [2.24, 2.45) is 10.5 Å². The maximum Gasteiger partial charge on any atom is 0.408 e. The van der Waals surface area contributed by atoms with E-state index in [1.54, 1.807) is 48.5 Å². The SMILES string of the molecule is O=C(N[C@H](Cc1ccc(Cl)cc1)C(=O)N1CCC2=NN(CC(F)(F)F)C(=O)[C@]2(Cc2ccccc2)C1)C1Cc2ccccc2CN1. The molecule has 0 aromatic heterocycles. The molecule has 6 rings (SSSR count). The second-order valence-corrected chi connectivity index (χ2v) is 12.5. The summed E-state index contributed by atoms with van der Waals surface area (Å²) >= 11 is 6.09. The van der Waals surface area contributed by atoms with E-state index in [0.29, 0.717) is 28.7 Å². The fourth-order valence-electron chi connectivity index (χ4n) is 6.58. The predicted molar refractivity (Wildman–Crippen MR) is 167 cm³/mol. The van der Waals surface area contributed by atoms with Crippen molar-refractivity contribution in [1.82, 2.24) is 20.5 Å². The summed E-state index contributed by atoms with van der Waals surface area (Å²) in [6, 6.07) is 22.2.